The molecule has 0 saturated carbocycles. The molecule has 1 atom stereocenters. The summed E-state index contributed by atoms with van der Waals surface area (Å²) in [4.78, 5) is 32.7. The van der Waals surface area contributed by atoms with Gasteiger partial charge in [-0.1, -0.05) is 13.8 Å². The summed E-state index contributed by atoms with van der Waals surface area (Å²) in [7, 11) is 0. The van der Waals surface area contributed by atoms with Gasteiger partial charge < -0.3 is 4.98 Å². The minimum absolute atomic E-state index is 0.0235. The summed E-state index contributed by atoms with van der Waals surface area (Å²) < 4.78 is 0. The Morgan fingerprint density at radius 3 is 2.79 bits per heavy atom. The van der Waals surface area contributed by atoms with Crippen LogP contribution in [0.2, 0.25) is 0 Å². The predicted octanol–water partition coefficient (Wildman–Crippen LogP) is 0.815. The fourth-order valence-corrected chi connectivity index (χ4v) is 2.46. The molecule has 6 heteroatoms. The summed E-state index contributed by atoms with van der Waals surface area (Å²) in [5, 5.41) is 3.09. The number of H-pyrrole nitrogens is 1. The second kappa shape index (κ2) is 5.97. The van der Waals surface area contributed by atoms with Crippen LogP contribution in [0.4, 0.5) is 0 Å². The third-order valence-corrected chi connectivity index (χ3v) is 3.56. The molecule has 1 aromatic heterocycles. The Kier molecular flexibility index (Phi) is 4.31. The lowest BCUT2D eigenvalue weighted by Gasteiger charge is -2.24. The van der Waals surface area contributed by atoms with Crippen LogP contribution in [0.15, 0.2) is 12.4 Å². The number of amides is 2. The zero-order valence-electron chi connectivity index (χ0n) is 11.3. The van der Waals surface area contributed by atoms with Crippen molar-refractivity contribution < 1.29 is 9.59 Å². The molecule has 1 unspecified atom stereocenters. The van der Waals surface area contributed by atoms with Crippen molar-refractivity contribution in [1.82, 2.24) is 20.2 Å². The van der Waals surface area contributed by atoms with Crippen LogP contribution in [-0.2, 0) is 16.1 Å². The van der Waals surface area contributed by atoms with Gasteiger partial charge in [-0.3, -0.25) is 19.8 Å². The van der Waals surface area contributed by atoms with Crippen LogP contribution in [0.3, 0.4) is 0 Å². The van der Waals surface area contributed by atoms with E-state index in [1.54, 1.807) is 12.4 Å². The fourth-order valence-electron chi connectivity index (χ4n) is 2.46. The number of aromatic nitrogens is 2. The van der Waals surface area contributed by atoms with Crippen LogP contribution in [0.1, 0.15) is 38.9 Å². The minimum Gasteiger partial charge on any atom is -0.348 e. The Labute approximate surface area is 112 Å². The molecule has 0 aliphatic carbocycles. The smallest absolute Gasteiger partial charge is 0.247 e. The number of hydrogen-bond donors (Lipinski definition) is 2. The SMILES string of the molecule is CCC(CC)N1C(=O)CC(NCc2ncc[nH]2)C1=O. The Morgan fingerprint density at radius 1 is 1.47 bits per heavy atom. The summed E-state index contributed by atoms with van der Waals surface area (Å²) >= 11 is 0. The van der Waals surface area contributed by atoms with E-state index in [1.165, 1.54) is 4.90 Å². The van der Waals surface area contributed by atoms with Crippen molar-refractivity contribution >= 4 is 11.8 Å². The van der Waals surface area contributed by atoms with Crippen molar-refractivity contribution in [3.05, 3.63) is 18.2 Å². The molecule has 0 aromatic carbocycles. The van der Waals surface area contributed by atoms with Crippen LogP contribution in [0.5, 0.6) is 0 Å². The highest BCUT2D eigenvalue weighted by molar-refractivity contribution is 6.05. The Hall–Kier alpha value is -1.69. The highest BCUT2D eigenvalue weighted by atomic mass is 16.2. The third-order valence-electron chi connectivity index (χ3n) is 3.56. The van der Waals surface area contributed by atoms with E-state index in [9.17, 15) is 9.59 Å². The number of imidazole rings is 1. The fraction of sp³-hybridized carbons (Fsp3) is 0.615. The van der Waals surface area contributed by atoms with E-state index in [0.717, 1.165) is 18.7 Å². The molecule has 0 radical (unpaired) electrons. The van der Waals surface area contributed by atoms with Gasteiger partial charge in [-0.25, -0.2) is 4.98 Å². The van der Waals surface area contributed by atoms with Crippen LogP contribution < -0.4 is 5.32 Å². The highest BCUT2D eigenvalue weighted by Gasteiger charge is 2.40. The largest absolute Gasteiger partial charge is 0.348 e. The maximum absolute atomic E-state index is 12.2. The van der Waals surface area contributed by atoms with Gasteiger partial charge in [0.05, 0.1) is 19.0 Å². The van der Waals surface area contributed by atoms with Gasteiger partial charge in [-0.15, -0.1) is 0 Å². The van der Waals surface area contributed by atoms with E-state index in [4.69, 9.17) is 0 Å². The van der Waals surface area contributed by atoms with E-state index in [0.29, 0.717) is 6.54 Å². The van der Waals surface area contributed by atoms with Crippen molar-refractivity contribution in [2.45, 2.75) is 51.7 Å². The number of nitrogens with zero attached hydrogens (tertiary/aromatic N) is 2. The van der Waals surface area contributed by atoms with Crippen LogP contribution in [0, 0.1) is 0 Å². The van der Waals surface area contributed by atoms with Crippen molar-refractivity contribution in [1.29, 1.82) is 0 Å². The Balaban J connectivity index is 1.97. The number of rotatable bonds is 6. The van der Waals surface area contributed by atoms with Gasteiger partial charge >= 0.3 is 0 Å². The van der Waals surface area contributed by atoms with Gasteiger partial charge in [0, 0.05) is 18.4 Å². The lowest BCUT2D eigenvalue weighted by atomic mass is 10.1. The molecule has 0 bridgehead atoms. The average molecular weight is 264 g/mol. The summed E-state index contributed by atoms with van der Waals surface area (Å²) in [5.41, 5.74) is 0. The highest BCUT2D eigenvalue weighted by Crippen LogP contribution is 2.20. The normalized spacial score (nSPS) is 19.7. The first-order valence-corrected chi connectivity index (χ1v) is 6.74. The Morgan fingerprint density at radius 2 is 2.21 bits per heavy atom. The van der Waals surface area contributed by atoms with Crippen molar-refractivity contribution in [2.75, 3.05) is 0 Å². The van der Waals surface area contributed by atoms with Gasteiger partial charge in [0.15, 0.2) is 0 Å². The molecule has 2 heterocycles. The van der Waals surface area contributed by atoms with Crippen LogP contribution >= 0.6 is 0 Å². The molecule has 1 aromatic rings. The monoisotopic (exact) mass is 264 g/mol. The van der Waals surface area contributed by atoms with E-state index in [2.05, 4.69) is 15.3 Å². The molecule has 2 N–H and O–H groups in total. The van der Waals surface area contributed by atoms with Gasteiger partial charge in [-0.05, 0) is 12.8 Å². The van der Waals surface area contributed by atoms with E-state index < -0.39 is 6.04 Å². The number of imide groups is 1. The summed E-state index contributed by atoms with van der Waals surface area (Å²) in [5.74, 6) is 0.585. The molecule has 1 fully saturated rings. The molecule has 6 nitrogen and oxygen atoms in total. The van der Waals surface area contributed by atoms with Crippen molar-refractivity contribution in [3.8, 4) is 0 Å². The second-order valence-electron chi connectivity index (χ2n) is 4.75. The maximum Gasteiger partial charge on any atom is 0.247 e. The van der Waals surface area contributed by atoms with Crippen molar-refractivity contribution in [2.24, 2.45) is 0 Å². The minimum atomic E-state index is -0.418. The molecular formula is C13H20N4O2. The molecule has 2 amide bonds. The van der Waals surface area contributed by atoms with E-state index in [1.807, 2.05) is 13.8 Å². The zero-order chi connectivity index (χ0) is 13.8. The second-order valence-corrected chi connectivity index (χ2v) is 4.75. The summed E-state index contributed by atoms with van der Waals surface area (Å²) in [6.45, 7) is 4.46. The maximum atomic E-state index is 12.2. The summed E-state index contributed by atoms with van der Waals surface area (Å²) in [6.07, 6.45) is 5.25. The van der Waals surface area contributed by atoms with Gasteiger partial charge in [0.25, 0.3) is 0 Å². The first kappa shape index (κ1) is 13.7. The van der Waals surface area contributed by atoms with Gasteiger partial charge in [0.1, 0.15) is 5.82 Å². The van der Waals surface area contributed by atoms with Crippen LogP contribution in [0.25, 0.3) is 0 Å². The Bertz CT molecular complexity index is 440. The number of likely N-dealkylation sites (tertiary alicyclic amines) is 1. The van der Waals surface area contributed by atoms with Gasteiger partial charge in [-0.2, -0.15) is 0 Å². The van der Waals surface area contributed by atoms with Crippen LogP contribution in [-0.4, -0.2) is 38.8 Å². The van der Waals surface area contributed by atoms with Gasteiger partial charge in [0.2, 0.25) is 11.8 Å². The number of carbonyl (C=O) groups excluding carboxylic acids is 2. The zero-order valence-corrected chi connectivity index (χ0v) is 11.3. The van der Waals surface area contributed by atoms with Crippen molar-refractivity contribution in [3.63, 3.8) is 0 Å². The molecule has 19 heavy (non-hydrogen) atoms. The molecule has 1 aliphatic heterocycles. The first-order chi connectivity index (χ1) is 9.17. The standard InChI is InChI=1S/C13H20N4O2/c1-3-9(4-2)17-12(18)7-10(13(17)19)16-8-11-14-5-6-15-11/h5-6,9-10,16H,3-4,7-8H2,1-2H3,(H,14,15). The lowest BCUT2D eigenvalue weighted by Crippen LogP contribution is -2.43. The topological polar surface area (TPSA) is 78.1 Å². The number of carbonyl (C=O) groups is 2. The number of nitrogens with one attached hydrogen (secondary N) is 2. The molecular weight excluding hydrogens is 244 g/mol. The quantitative estimate of drug-likeness (QED) is 0.745. The molecule has 0 spiro atoms. The number of hydrogen-bond acceptors (Lipinski definition) is 4. The molecule has 2 rings (SSSR count). The number of aromatic amines is 1. The van der Waals surface area contributed by atoms with E-state index >= 15 is 0 Å². The lowest BCUT2D eigenvalue weighted by molar-refractivity contribution is -0.141. The molecule has 1 aliphatic rings. The average Bonchev–Trinajstić information content (AvgIpc) is 3.00. The summed E-state index contributed by atoms with van der Waals surface area (Å²) in [6, 6.07) is -0.395. The molecule has 104 valence electrons. The predicted molar refractivity (Wildman–Crippen MR) is 70.1 cm³/mol. The first-order valence-electron chi connectivity index (χ1n) is 6.74. The third kappa shape index (κ3) is 2.84. The molecule has 1 saturated heterocycles. The van der Waals surface area contributed by atoms with E-state index in [-0.39, 0.29) is 24.3 Å².